The second-order valence-corrected chi connectivity index (χ2v) is 8.94. The van der Waals surface area contributed by atoms with Gasteiger partial charge in [-0.2, -0.15) is 17.0 Å². The molecule has 2 heterocycles. The Morgan fingerprint density at radius 1 is 1.20 bits per heavy atom. The third-order valence-corrected chi connectivity index (χ3v) is 6.90. The highest BCUT2D eigenvalue weighted by atomic mass is 32.2. The number of hydrogen-bond donors (Lipinski definition) is 0. The van der Waals surface area contributed by atoms with E-state index in [9.17, 15) is 13.2 Å². The van der Waals surface area contributed by atoms with Crippen LogP contribution in [0.5, 0.6) is 0 Å². The normalized spacial score (nSPS) is 25.4. The minimum absolute atomic E-state index is 0.322. The van der Waals surface area contributed by atoms with E-state index in [1.165, 1.54) is 8.61 Å². The molecule has 1 atom stereocenters. The van der Waals surface area contributed by atoms with Crippen molar-refractivity contribution >= 4 is 16.3 Å². The molecule has 0 aliphatic carbocycles. The summed E-state index contributed by atoms with van der Waals surface area (Å²) in [4.78, 5) is 13.3. The van der Waals surface area contributed by atoms with Crippen LogP contribution in [0.1, 0.15) is 24.8 Å². The standard InChI is InChI=1S/C17H25N3O4S/c1-18-14-17(24-16(18)21)9-6-11-20(12-10-17)25(22,23)19(2)13-15-7-4-3-5-8-15/h3-5,7-8H,6,9-14H2,1-2H3/t17-/m0/s1. The number of likely N-dealkylation sites (N-methyl/N-ethyl adjacent to an activating group) is 1. The van der Waals surface area contributed by atoms with Gasteiger partial charge in [-0.05, 0) is 18.4 Å². The Hall–Kier alpha value is -1.64. The molecular formula is C17H25N3O4S. The van der Waals surface area contributed by atoms with Gasteiger partial charge in [0.15, 0.2) is 0 Å². The van der Waals surface area contributed by atoms with Crippen LogP contribution in [-0.2, 0) is 21.5 Å². The molecule has 0 bridgehead atoms. The molecule has 1 spiro atoms. The van der Waals surface area contributed by atoms with Crippen LogP contribution in [-0.4, -0.2) is 67.4 Å². The second-order valence-electron chi connectivity index (χ2n) is 6.91. The topological polar surface area (TPSA) is 70.2 Å². The van der Waals surface area contributed by atoms with Crippen LogP contribution in [0.15, 0.2) is 30.3 Å². The summed E-state index contributed by atoms with van der Waals surface area (Å²) in [5, 5.41) is 0. The number of hydrogen-bond acceptors (Lipinski definition) is 4. The molecule has 7 nitrogen and oxygen atoms in total. The molecule has 1 aromatic carbocycles. The van der Waals surface area contributed by atoms with E-state index in [4.69, 9.17) is 4.74 Å². The molecule has 0 radical (unpaired) electrons. The maximum atomic E-state index is 12.9. The molecule has 138 valence electrons. The summed E-state index contributed by atoms with van der Waals surface area (Å²) in [6.45, 7) is 1.68. The zero-order valence-electron chi connectivity index (χ0n) is 14.7. The van der Waals surface area contributed by atoms with Crippen molar-refractivity contribution in [2.75, 3.05) is 33.7 Å². The van der Waals surface area contributed by atoms with E-state index < -0.39 is 15.8 Å². The average molecular weight is 367 g/mol. The lowest BCUT2D eigenvalue weighted by Crippen LogP contribution is -2.43. The number of nitrogens with zero attached hydrogens (tertiary/aromatic N) is 3. The number of carbonyl (C=O) groups is 1. The smallest absolute Gasteiger partial charge is 0.410 e. The van der Waals surface area contributed by atoms with E-state index in [1.807, 2.05) is 30.3 Å². The minimum Gasteiger partial charge on any atom is -0.441 e. The van der Waals surface area contributed by atoms with E-state index in [0.717, 1.165) is 5.56 Å². The number of amides is 1. The van der Waals surface area contributed by atoms with Gasteiger partial charge in [-0.25, -0.2) is 4.79 Å². The highest BCUT2D eigenvalue weighted by molar-refractivity contribution is 7.86. The van der Waals surface area contributed by atoms with Gasteiger partial charge in [-0.1, -0.05) is 30.3 Å². The molecule has 1 amide bonds. The zero-order chi connectivity index (χ0) is 18.1. The largest absolute Gasteiger partial charge is 0.441 e. The van der Waals surface area contributed by atoms with Gasteiger partial charge in [0.2, 0.25) is 0 Å². The highest BCUT2D eigenvalue weighted by Crippen LogP contribution is 2.33. The van der Waals surface area contributed by atoms with Gasteiger partial charge < -0.3 is 9.64 Å². The summed E-state index contributed by atoms with van der Waals surface area (Å²) >= 11 is 0. The Labute approximate surface area is 149 Å². The van der Waals surface area contributed by atoms with Crippen molar-refractivity contribution in [2.24, 2.45) is 0 Å². The fraction of sp³-hybridized carbons (Fsp3) is 0.588. The van der Waals surface area contributed by atoms with Crippen LogP contribution in [0, 0.1) is 0 Å². The first-order valence-corrected chi connectivity index (χ1v) is 9.92. The Balaban J connectivity index is 1.68. The van der Waals surface area contributed by atoms with Gasteiger partial charge in [0.25, 0.3) is 10.2 Å². The van der Waals surface area contributed by atoms with Gasteiger partial charge in [0.05, 0.1) is 6.54 Å². The minimum atomic E-state index is -3.54. The Morgan fingerprint density at radius 2 is 1.92 bits per heavy atom. The fourth-order valence-corrected chi connectivity index (χ4v) is 4.93. The molecule has 25 heavy (non-hydrogen) atoms. The van der Waals surface area contributed by atoms with Gasteiger partial charge >= 0.3 is 6.09 Å². The average Bonchev–Trinajstić information content (AvgIpc) is 2.73. The third kappa shape index (κ3) is 3.80. The van der Waals surface area contributed by atoms with Gasteiger partial charge in [-0.15, -0.1) is 0 Å². The lowest BCUT2D eigenvalue weighted by atomic mass is 9.95. The fourth-order valence-electron chi connectivity index (χ4n) is 3.55. The predicted octanol–water partition coefficient (Wildman–Crippen LogP) is 1.67. The van der Waals surface area contributed by atoms with E-state index in [-0.39, 0.29) is 6.09 Å². The van der Waals surface area contributed by atoms with Gasteiger partial charge in [0, 0.05) is 40.2 Å². The van der Waals surface area contributed by atoms with Crippen LogP contribution in [0.2, 0.25) is 0 Å². The molecule has 8 heteroatoms. The van der Waals surface area contributed by atoms with Gasteiger partial charge in [0.1, 0.15) is 5.60 Å². The molecule has 1 aromatic rings. The van der Waals surface area contributed by atoms with Crippen molar-refractivity contribution < 1.29 is 17.9 Å². The van der Waals surface area contributed by atoms with Crippen molar-refractivity contribution in [3.63, 3.8) is 0 Å². The summed E-state index contributed by atoms with van der Waals surface area (Å²) in [6.07, 6.45) is 1.58. The first kappa shape index (κ1) is 18.2. The van der Waals surface area contributed by atoms with Crippen LogP contribution < -0.4 is 0 Å². The SMILES string of the molecule is CN1C[C@@]2(CCCN(S(=O)(=O)N(C)Cc3ccccc3)CC2)OC1=O. The number of ether oxygens (including phenoxy) is 1. The first-order chi connectivity index (χ1) is 11.8. The second kappa shape index (κ2) is 6.93. The predicted molar refractivity (Wildman–Crippen MR) is 94.1 cm³/mol. The lowest BCUT2D eigenvalue weighted by Gasteiger charge is -2.27. The Morgan fingerprint density at radius 3 is 2.56 bits per heavy atom. The number of carbonyl (C=O) groups excluding carboxylic acids is 1. The summed E-state index contributed by atoms with van der Waals surface area (Å²) in [7, 11) is -0.228. The molecule has 0 aromatic heterocycles. The van der Waals surface area contributed by atoms with E-state index in [0.29, 0.717) is 45.4 Å². The van der Waals surface area contributed by atoms with Crippen molar-refractivity contribution in [3.05, 3.63) is 35.9 Å². The van der Waals surface area contributed by atoms with Crippen LogP contribution in [0.4, 0.5) is 4.79 Å². The summed E-state index contributed by atoms with van der Waals surface area (Å²) in [5.41, 5.74) is 0.403. The molecule has 2 saturated heterocycles. The van der Waals surface area contributed by atoms with Crippen LogP contribution in [0.25, 0.3) is 0 Å². The lowest BCUT2D eigenvalue weighted by molar-refractivity contribution is 0.0459. The van der Waals surface area contributed by atoms with Crippen LogP contribution >= 0.6 is 0 Å². The van der Waals surface area contributed by atoms with E-state index >= 15 is 0 Å². The molecular weight excluding hydrogens is 342 g/mol. The third-order valence-electron chi connectivity index (χ3n) is 4.97. The quantitative estimate of drug-likeness (QED) is 0.812. The number of rotatable bonds is 4. The molecule has 0 unspecified atom stereocenters. The van der Waals surface area contributed by atoms with Crippen molar-refractivity contribution in [2.45, 2.75) is 31.4 Å². The summed E-state index contributed by atoms with van der Waals surface area (Å²) < 4.78 is 34.3. The molecule has 0 N–H and O–H groups in total. The molecule has 2 fully saturated rings. The van der Waals surface area contributed by atoms with Crippen molar-refractivity contribution in [1.29, 1.82) is 0 Å². The van der Waals surface area contributed by atoms with E-state index in [1.54, 1.807) is 19.0 Å². The Bertz CT molecular complexity index is 725. The maximum absolute atomic E-state index is 12.9. The monoisotopic (exact) mass is 367 g/mol. The summed E-state index contributed by atoms with van der Waals surface area (Å²) in [5.74, 6) is 0. The maximum Gasteiger partial charge on any atom is 0.410 e. The first-order valence-electron chi connectivity index (χ1n) is 8.52. The van der Waals surface area contributed by atoms with Crippen molar-refractivity contribution in [1.82, 2.24) is 13.5 Å². The molecule has 0 saturated carbocycles. The van der Waals surface area contributed by atoms with Gasteiger partial charge in [-0.3, -0.25) is 0 Å². The zero-order valence-corrected chi connectivity index (χ0v) is 15.5. The number of benzene rings is 1. The van der Waals surface area contributed by atoms with Crippen molar-refractivity contribution in [3.8, 4) is 0 Å². The molecule has 2 aliphatic heterocycles. The Kier molecular flexibility index (Phi) is 5.04. The van der Waals surface area contributed by atoms with E-state index in [2.05, 4.69) is 0 Å². The highest BCUT2D eigenvalue weighted by Gasteiger charge is 2.45. The summed E-state index contributed by atoms with van der Waals surface area (Å²) in [6, 6.07) is 9.54. The molecule has 2 aliphatic rings. The molecule has 3 rings (SSSR count). The van der Waals surface area contributed by atoms with Crippen LogP contribution in [0.3, 0.4) is 0 Å².